The van der Waals surface area contributed by atoms with Crippen LogP contribution in [0.2, 0.25) is 0 Å². The van der Waals surface area contributed by atoms with E-state index in [0.29, 0.717) is 12.5 Å². The fourth-order valence-corrected chi connectivity index (χ4v) is 7.46. The summed E-state index contributed by atoms with van der Waals surface area (Å²) in [5, 5.41) is 0. The minimum atomic E-state index is -0.102. The molecule has 0 aromatic heterocycles. The van der Waals surface area contributed by atoms with Crippen LogP contribution in [0, 0.1) is 29.6 Å². The zero-order chi connectivity index (χ0) is 18.9. The Morgan fingerprint density at radius 1 is 1.15 bits per heavy atom. The van der Waals surface area contributed by atoms with Gasteiger partial charge in [0, 0.05) is 13.1 Å². The van der Waals surface area contributed by atoms with Crippen LogP contribution >= 0.6 is 0 Å². The smallest absolute Gasteiger partial charge is 0.228 e. The van der Waals surface area contributed by atoms with Crippen molar-refractivity contribution in [2.45, 2.75) is 64.2 Å². The van der Waals surface area contributed by atoms with E-state index in [0.717, 1.165) is 50.6 Å². The van der Waals surface area contributed by atoms with Crippen LogP contribution in [0.3, 0.4) is 0 Å². The second kappa shape index (κ2) is 5.83. The van der Waals surface area contributed by atoms with Gasteiger partial charge in [0.15, 0.2) is 0 Å². The molecule has 4 saturated carbocycles. The fourth-order valence-electron chi connectivity index (χ4n) is 7.46. The van der Waals surface area contributed by atoms with E-state index in [9.17, 15) is 4.79 Å². The fraction of sp³-hybridized carbons (Fsp3) is 0.708. The summed E-state index contributed by atoms with van der Waals surface area (Å²) in [5.41, 5.74) is 9.08. The highest BCUT2D eigenvalue weighted by atomic mass is 16.2. The van der Waals surface area contributed by atoms with E-state index in [-0.39, 0.29) is 16.2 Å². The van der Waals surface area contributed by atoms with E-state index in [2.05, 4.69) is 43.0 Å². The van der Waals surface area contributed by atoms with Gasteiger partial charge in [-0.05, 0) is 86.6 Å². The number of amides is 1. The van der Waals surface area contributed by atoms with Crippen LogP contribution in [0.25, 0.3) is 0 Å². The molecular formula is C24H34N2O. The summed E-state index contributed by atoms with van der Waals surface area (Å²) in [5.74, 6) is 1.94. The third-order valence-electron chi connectivity index (χ3n) is 8.52. The SMILES string of the molecule is Cc1ccc(C23CC4CC(CC(C(=O)N5CCC(C)(CN)C5)(C4)C2)C3)cc1. The zero-order valence-electron chi connectivity index (χ0n) is 17.0. The normalized spacial score (nSPS) is 42.7. The molecule has 3 heteroatoms. The third kappa shape index (κ3) is 2.68. The first-order chi connectivity index (χ1) is 12.9. The number of hydrogen-bond donors (Lipinski definition) is 1. The van der Waals surface area contributed by atoms with Crippen molar-refractivity contribution in [1.29, 1.82) is 0 Å². The van der Waals surface area contributed by atoms with E-state index in [4.69, 9.17) is 5.73 Å². The molecule has 3 atom stereocenters. The molecule has 2 N–H and O–H groups in total. The predicted octanol–water partition coefficient (Wildman–Crippen LogP) is 4.03. The molecule has 1 saturated heterocycles. The molecule has 27 heavy (non-hydrogen) atoms. The van der Waals surface area contributed by atoms with Gasteiger partial charge in [-0.1, -0.05) is 36.8 Å². The minimum absolute atomic E-state index is 0.102. The molecule has 0 spiro atoms. The molecule has 1 aromatic carbocycles. The predicted molar refractivity (Wildman–Crippen MR) is 108 cm³/mol. The molecule has 4 bridgehead atoms. The van der Waals surface area contributed by atoms with E-state index in [1.807, 2.05) is 0 Å². The molecule has 0 radical (unpaired) electrons. The lowest BCUT2D eigenvalue weighted by molar-refractivity contribution is -0.159. The second-order valence-corrected chi connectivity index (χ2v) is 10.9. The van der Waals surface area contributed by atoms with Crippen LogP contribution in [0.15, 0.2) is 24.3 Å². The van der Waals surface area contributed by atoms with Crippen molar-refractivity contribution in [3.8, 4) is 0 Å². The molecular weight excluding hydrogens is 332 g/mol. The van der Waals surface area contributed by atoms with Crippen LogP contribution < -0.4 is 5.73 Å². The van der Waals surface area contributed by atoms with Crippen LogP contribution in [-0.4, -0.2) is 30.4 Å². The maximum atomic E-state index is 13.8. The van der Waals surface area contributed by atoms with Gasteiger partial charge in [0.05, 0.1) is 5.41 Å². The van der Waals surface area contributed by atoms with Gasteiger partial charge in [-0.2, -0.15) is 0 Å². The molecule has 1 aromatic rings. The van der Waals surface area contributed by atoms with E-state index in [1.165, 1.54) is 30.4 Å². The monoisotopic (exact) mass is 366 g/mol. The number of carbonyl (C=O) groups excluding carboxylic acids is 1. The quantitative estimate of drug-likeness (QED) is 0.878. The first-order valence-electron chi connectivity index (χ1n) is 10.9. The van der Waals surface area contributed by atoms with Crippen molar-refractivity contribution in [3.63, 3.8) is 0 Å². The number of likely N-dealkylation sites (tertiary alicyclic amines) is 1. The Hall–Kier alpha value is -1.35. The van der Waals surface area contributed by atoms with Gasteiger partial charge in [-0.25, -0.2) is 0 Å². The second-order valence-electron chi connectivity index (χ2n) is 10.9. The third-order valence-corrected chi connectivity index (χ3v) is 8.52. The first kappa shape index (κ1) is 17.7. The van der Waals surface area contributed by atoms with E-state index < -0.39 is 0 Å². The van der Waals surface area contributed by atoms with Crippen molar-refractivity contribution in [1.82, 2.24) is 4.90 Å². The molecule has 5 aliphatic rings. The average Bonchev–Trinajstić information content (AvgIpc) is 3.03. The van der Waals surface area contributed by atoms with Crippen molar-refractivity contribution >= 4 is 5.91 Å². The zero-order valence-corrected chi connectivity index (χ0v) is 17.0. The molecule has 146 valence electrons. The number of aryl methyl sites for hydroxylation is 1. The Morgan fingerprint density at radius 2 is 1.81 bits per heavy atom. The molecule has 4 aliphatic carbocycles. The summed E-state index contributed by atoms with van der Waals surface area (Å²) in [6.45, 7) is 6.85. The van der Waals surface area contributed by atoms with Crippen molar-refractivity contribution in [2.75, 3.05) is 19.6 Å². The number of carbonyl (C=O) groups is 1. The number of hydrogen-bond acceptors (Lipinski definition) is 2. The Morgan fingerprint density at radius 3 is 2.41 bits per heavy atom. The van der Waals surface area contributed by atoms with Gasteiger partial charge in [-0.3, -0.25) is 4.79 Å². The van der Waals surface area contributed by atoms with Crippen LogP contribution in [-0.2, 0) is 10.2 Å². The highest BCUT2D eigenvalue weighted by molar-refractivity contribution is 5.84. The lowest BCUT2D eigenvalue weighted by atomic mass is 9.42. The van der Waals surface area contributed by atoms with Crippen LogP contribution in [0.1, 0.15) is 63.0 Å². The van der Waals surface area contributed by atoms with Gasteiger partial charge < -0.3 is 10.6 Å². The summed E-state index contributed by atoms with van der Waals surface area (Å²) < 4.78 is 0. The Bertz CT molecular complexity index is 740. The molecule has 1 amide bonds. The Kier molecular flexibility index (Phi) is 3.82. The van der Waals surface area contributed by atoms with Crippen LogP contribution in [0.4, 0.5) is 0 Å². The van der Waals surface area contributed by atoms with Gasteiger partial charge in [-0.15, -0.1) is 0 Å². The van der Waals surface area contributed by atoms with Gasteiger partial charge in [0.2, 0.25) is 5.91 Å². The maximum Gasteiger partial charge on any atom is 0.228 e. The molecule has 6 rings (SSSR count). The Labute approximate surface area is 163 Å². The number of benzene rings is 1. The summed E-state index contributed by atoms with van der Waals surface area (Å²) >= 11 is 0. The van der Waals surface area contributed by atoms with Gasteiger partial charge in [0.25, 0.3) is 0 Å². The molecule has 3 unspecified atom stereocenters. The topological polar surface area (TPSA) is 46.3 Å². The molecule has 3 nitrogen and oxygen atoms in total. The number of rotatable bonds is 3. The summed E-state index contributed by atoms with van der Waals surface area (Å²) in [6, 6.07) is 9.22. The van der Waals surface area contributed by atoms with E-state index >= 15 is 0 Å². The lowest BCUT2D eigenvalue weighted by Gasteiger charge is -2.62. The minimum Gasteiger partial charge on any atom is -0.342 e. The largest absolute Gasteiger partial charge is 0.342 e. The van der Waals surface area contributed by atoms with Crippen molar-refractivity contribution < 1.29 is 4.79 Å². The maximum absolute atomic E-state index is 13.8. The standard InChI is InChI=1S/C24H34N2O/c1-17-3-5-20(6-4-17)23-10-18-9-19(11-23)13-24(12-18,14-23)21(27)26-8-7-22(2,15-25)16-26/h3-6,18-19H,7-16,25H2,1-2H3. The van der Waals surface area contributed by atoms with E-state index in [1.54, 1.807) is 0 Å². The first-order valence-corrected chi connectivity index (χ1v) is 10.9. The molecule has 1 heterocycles. The summed E-state index contributed by atoms with van der Waals surface area (Å²) in [6.07, 6.45) is 8.33. The van der Waals surface area contributed by atoms with Gasteiger partial charge >= 0.3 is 0 Å². The number of nitrogens with two attached hydrogens (primary N) is 1. The van der Waals surface area contributed by atoms with Crippen molar-refractivity contribution in [2.24, 2.45) is 28.4 Å². The highest BCUT2D eigenvalue weighted by Gasteiger charge is 2.62. The van der Waals surface area contributed by atoms with Crippen molar-refractivity contribution in [3.05, 3.63) is 35.4 Å². The average molecular weight is 367 g/mol. The number of nitrogens with zero attached hydrogens (tertiary/aromatic N) is 1. The lowest BCUT2D eigenvalue weighted by Crippen LogP contribution is -2.59. The Balaban J connectivity index is 1.47. The van der Waals surface area contributed by atoms with Gasteiger partial charge in [0.1, 0.15) is 0 Å². The molecule has 5 fully saturated rings. The molecule has 1 aliphatic heterocycles. The summed E-state index contributed by atoms with van der Waals surface area (Å²) in [4.78, 5) is 16.0. The van der Waals surface area contributed by atoms with Crippen LogP contribution in [0.5, 0.6) is 0 Å². The highest BCUT2D eigenvalue weighted by Crippen LogP contribution is 2.66. The summed E-state index contributed by atoms with van der Waals surface area (Å²) in [7, 11) is 0.